The Kier molecular flexibility index (Phi) is 3.65. The van der Waals surface area contributed by atoms with Crippen LogP contribution in [0, 0.1) is 6.92 Å². The quantitative estimate of drug-likeness (QED) is 0.711. The third-order valence-electron chi connectivity index (χ3n) is 1.94. The lowest BCUT2D eigenvalue weighted by Gasteiger charge is -2.13. The molecule has 2 nitrogen and oxygen atoms in total. The molecule has 1 aromatic rings. The van der Waals surface area contributed by atoms with Crippen molar-refractivity contribution in [2.75, 3.05) is 6.54 Å². The van der Waals surface area contributed by atoms with Crippen molar-refractivity contribution >= 4 is 0 Å². The lowest BCUT2D eigenvalue weighted by atomic mass is 10.1. The van der Waals surface area contributed by atoms with E-state index in [9.17, 15) is 0 Å². The third-order valence-corrected chi connectivity index (χ3v) is 1.94. The SMILES string of the molecule is C=CC(NCC)c1ccnc(C)c1. The zero-order chi connectivity index (χ0) is 9.68. The monoisotopic (exact) mass is 176 g/mol. The number of likely N-dealkylation sites (N-methyl/N-ethyl adjacent to an activating group) is 1. The molecule has 70 valence electrons. The van der Waals surface area contributed by atoms with Gasteiger partial charge in [0.1, 0.15) is 0 Å². The Bertz CT molecular complexity index is 281. The number of aryl methyl sites for hydroxylation is 1. The summed E-state index contributed by atoms with van der Waals surface area (Å²) in [6, 6.07) is 4.34. The summed E-state index contributed by atoms with van der Waals surface area (Å²) >= 11 is 0. The molecule has 0 fully saturated rings. The topological polar surface area (TPSA) is 24.9 Å². The predicted octanol–water partition coefficient (Wildman–Crippen LogP) is 2.23. The zero-order valence-corrected chi connectivity index (χ0v) is 8.25. The van der Waals surface area contributed by atoms with Gasteiger partial charge in [-0.2, -0.15) is 0 Å². The number of hydrogen-bond donors (Lipinski definition) is 1. The fraction of sp³-hybridized carbons (Fsp3) is 0.364. The Morgan fingerprint density at radius 3 is 3.00 bits per heavy atom. The number of hydrogen-bond acceptors (Lipinski definition) is 2. The Balaban J connectivity index is 2.84. The van der Waals surface area contributed by atoms with Crippen LogP contribution in [0.25, 0.3) is 0 Å². The maximum absolute atomic E-state index is 4.15. The largest absolute Gasteiger partial charge is 0.307 e. The van der Waals surface area contributed by atoms with Gasteiger partial charge in [0.05, 0.1) is 6.04 Å². The number of nitrogens with zero attached hydrogens (tertiary/aromatic N) is 1. The zero-order valence-electron chi connectivity index (χ0n) is 8.25. The van der Waals surface area contributed by atoms with Gasteiger partial charge < -0.3 is 5.32 Å². The van der Waals surface area contributed by atoms with Crippen LogP contribution in [0.1, 0.15) is 24.2 Å². The van der Waals surface area contributed by atoms with E-state index in [1.54, 1.807) is 0 Å². The molecule has 1 rings (SSSR count). The first kappa shape index (κ1) is 9.93. The average molecular weight is 176 g/mol. The minimum Gasteiger partial charge on any atom is -0.307 e. The van der Waals surface area contributed by atoms with Gasteiger partial charge in [-0.05, 0) is 31.2 Å². The van der Waals surface area contributed by atoms with Gasteiger partial charge in [-0.15, -0.1) is 6.58 Å². The molecular weight excluding hydrogens is 160 g/mol. The van der Waals surface area contributed by atoms with Crippen molar-refractivity contribution in [2.45, 2.75) is 19.9 Å². The Morgan fingerprint density at radius 2 is 2.46 bits per heavy atom. The third kappa shape index (κ3) is 2.67. The van der Waals surface area contributed by atoms with Crippen LogP contribution < -0.4 is 5.32 Å². The lowest BCUT2D eigenvalue weighted by molar-refractivity contribution is 0.648. The molecule has 1 aromatic heterocycles. The molecule has 0 amide bonds. The molecule has 1 unspecified atom stereocenters. The standard InChI is InChI=1S/C11H16N2/c1-4-11(12-5-2)10-6-7-13-9(3)8-10/h4,6-8,11-12H,1,5H2,2-3H3. The molecule has 2 heteroatoms. The molecule has 0 aliphatic heterocycles. The Hall–Kier alpha value is -1.15. The summed E-state index contributed by atoms with van der Waals surface area (Å²) in [4.78, 5) is 4.15. The Labute approximate surface area is 79.7 Å². The van der Waals surface area contributed by atoms with Crippen LogP contribution in [0.4, 0.5) is 0 Å². The smallest absolute Gasteiger partial charge is 0.0504 e. The van der Waals surface area contributed by atoms with Gasteiger partial charge in [-0.1, -0.05) is 13.0 Å². The lowest BCUT2D eigenvalue weighted by Crippen LogP contribution is -2.18. The van der Waals surface area contributed by atoms with E-state index in [1.807, 2.05) is 25.3 Å². The summed E-state index contributed by atoms with van der Waals surface area (Å²) in [7, 11) is 0. The molecule has 0 aliphatic carbocycles. The highest BCUT2D eigenvalue weighted by Crippen LogP contribution is 2.13. The first-order valence-electron chi connectivity index (χ1n) is 4.56. The summed E-state index contributed by atoms with van der Waals surface area (Å²) in [6.07, 6.45) is 3.75. The average Bonchev–Trinajstić information content (AvgIpc) is 2.14. The van der Waals surface area contributed by atoms with Crippen LogP contribution in [0.15, 0.2) is 31.0 Å². The summed E-state index contributed by atoms with van der Waals surface area (Å²) in [5, 5.41) is 3.33. The van der Waals surface area contributed by atoms with Crippen LogP contribution in [-0.4, -0.2) is 11.5 Å². The molecule has 1 N–H and O–H groups in total. The summed E-state index contributed by atoms with van der Waals surface area (Å²) in [5.74, 6) is 0. The van der Waals surface area contributed by atoms with E-state index in [2.05, 4.69) is 29.9 Å². The first-order valence-corrected chi connectivity index (χ1v) is 4.56. The number of aromatic nitrogens is 1. The predicted molar refractivity (Wildman–Crippen MR) is 55.6 cm³/mol. The van der Waals surface area contributed by atoms with Gasteiger partial charge in [-0.25, -0.2) is 0 Å². The summed E-state index contributed by atoms with van der Waals surface area (Å²) in [5.41, 5.74) is 2.27. The second kappa shape index (κ2) is 4.77. The number of pyridine rings is 1. The van der Waals surface area contributed by atoms with E-state index in [0.29, 0.717) is 0 Å². The van der Waals surface area contributed by atoms with Crippen LogP contribution in [0.5, 0.6) is 0 Å². The molecule has 0 bridgehead atoms. The molecule has 0 spiro atoms. The highest BCUT2D eigenvalue weighted by atomic mass is 14.9. The van der Waals surface area contributed by atoms with Gasteiger partial charge >= 0.3 is 0 Å². The Morgan fingerprint density at radius 1 is 1.69 bits per heavy atom. The van der Waals surface area contributed by atoms with Gasteiger partial charge in [0, 0.05) is 11.9 Å². The fourth-order valence-electron chi connectivity index (χ4n) is 1.32. The molecule has 0 aromatic carbocycles. The summed E-state index contributed by atoms with van der Waals surface area (Å²) in [6.45, 7) is 8.83. The molecule has 0 saturated heterocycles. The summed E-state index contributed by atoms with van der Waals surface area (Å²) < 4.78 is 0. The maximum atomic E-state index is 4.15. The van der Waals surface area contributed by atoms with Crippen LogP contribution in [-0.2, 0) is 0 Å². The molecule has 13 heavy (non-hydrogen) atoms. The molecule has 1 heterocycles. The van der Waals surface area contributed by atoms with Gasteiger partial charge in [0.2, 0.25) is 0 Å². The minimum atomic E-state index is 0.242. The first-order chi connectivity index (χ1) is 6.27. The van der Waals surface area contributed by atoms with Crippen molar-refractivity contribution in [1.29, 1.82) is 0 Å². The van der Waals surface area contributed by atoms with Gasteiger partial charge in [-0.3, -0.25) is 4.98 Å². The van der Waals surface area contributed by atoms with Crippen LogP contribution in [0.3, 0.4) is 0 Å². The highest BCUT2D eigenvalue weighted by Gasteiger charge is 2.04. The van der Waals surface area contributed by atoms with Crippen LogP contribution >= 0.6 is 0 Å². The molecule has 0 aliphatic rings. The van der Waals surface area contributed by atoms with Gasteiger partial charge in [0.25, 0.3) is 0 Å². The van der Waals surface area contributed by atoms with Crippen molar-refractivity contribution < 1.29 is 0 Å². The second-order valence-corrected chi connectivity index (χ2v) is 3.00. The fourth-order valence-corrected chi connectivity index (χ4v) is 1.32. The molecule has 0 saturated carbocycles. The number of nitrogens with one attached hydrogen (secondary N) is 1. The van der Waals surface area contributed by atoms with Gasteiger partial charge in [0.15, 0.2) is 0 Å². The minimum absolute atomic E-state index is 0.242. The van der Waals surface area contributed by atoms with Crippen molar-refractivity contribution in [3.8, 4) is 0 Å². The van der Waals surface area contributed by atoms with E-state index in [-0.39, 0.29) is 6.04 Å². The van der Waals surface area contributed by atoms with E-state index >= 15 is 0 Å². The van der Waals surface area contributed by atoms with E-state index < -0.39 is 0 Å². The normalized spacial score (nSPS) is 12.5. The second-order valence-electron chi connectivity index (χ2n) is 3.00. The molecule has 0 radical (unpaired) electrons. The number of rotatable bonds is 4. The van der Waals surface area contributed by atoms with Crippen molar-refractivity contribution in [3.05, 3.63) is 42.2 Å². The van der Waals surface area contributed by atoms with E-state index in [0.717, 1.165) is 12.2 Å². The maximum Gasteiger partial charge on any atom is 0.0504 e. The van der Waals surface area contributed by atoms with E-state index in [1.165, 1.54) is 5.56 Å². The molecule has 1 atom stereocenters. The van der Waals surface area contributed by atoms with E-state index in [4.69, 9.17) is 0 Å². The van der Waals surface area contributed by atoms with Crippen molar-refractivity contribution in [3.63, 3.8) is 0 Å². The highest BCUT2D eigenvalue weighted by molar-refractivity contribution is 5.22. The van der Waals surface area contributed by atoms with Crippen molar-refractivity contribution in [1.82, 2.24) is 10.3 Å². The van der Waals surface area contributed by atoms with Crippen LogP contribution in [0.2, 0.25) is 0 Å². The molecular formula is C11H16N2. The van der Waals surface area contributed by atoms with Crippen molar-refractivity contribution in [2.24, 2.45) is 0 Å².